The van der Waals surface area contributed by atoms with Crippen molar-refractivity contribution in [1.29, 1.82) is 0 Å². The van der Waals surface area contributed by atoms with Crippen LogP contribution in [0.2, 0.25) is 0 Å². The van der Waals surface area contributed by atoms with Crippen LogP contribution in [0.4, 0.5) is 0 Å². The molecule has 0 amide bonds. The Kier molecular flexibility index (Phi) is 3.20. The fourth-order valence-corrected chi connectivity index (χ4v) is 0.895. The van der Waals surface area contributed by atoms with Crippen molar-refractivity contribution in [2.24, 2.45) is 0 Å². The van der Waals surface area contributed by atoms with Crippen molar-refractivity contribution in [3.63, 3.8) is 0 Å². The molecule has 0 saturated heterocycles. The van der Waals surface area contributed by atoms with E-state index < -0.39 is 0 Å². The van der Waals surface area contributed by atoms with E-state index in [1.54, 1.807) is 12.4 Å². The molecule has 1 rings (SSSR count). The van der Waals surface area contributed by atoms with Gasteiger partial charge in [0.2, 0.25) is 0 Å². The third-order valence-electron chi connectivity index (χ3n) is 1.60. The average molecular weight is 161 g/mol. The van der Waals surface area contributed by atoms with Gasteiger partial charge in [-0.2, -0.15) is 0 Å². The number of hydrogen-bond acceptors (Lipinski definition) is 2. The third-order valence-corrected chi connectivity index (χ3v) is 1.60. The first kappa shape index (κ1) is 8.65. The predicted molar refractivity (Wildman–Crippen MR) is 48.6 cm³/mol. The Bertz CT molecular complexity index is 277. The molecule has 2 nitrogen and oxygen atoms in total. The lowest BCUT2D eigenvalue weighted by Crippen LogP contribution is -1.82. The normalized spacial score (nSPS) is 11.2. The highest BCUT2D eigenvalue weighted by molar-refractivity contribution is 5.81. The summed E-state index contributed by atoms with van der Waals surface area (Å²) in [6.07, 6.45) is 6.94. The topological polar surface area (TPSA) is 30.0 Å². The molecule has 2 heteroatoms. The van der Waals surface area contributed by atoms with Crippen molar-refractivity contribution in [2.75, 3.05) is 0 Å². The van der Waals surface area contributed by atoms with E-state index in [1.807, 2.05) is 25.1 Å². The van der Waals surface area contributed by atoms with E-state index in [1.165, 1.54) is 0 Å². The number of carbonyl (C=O) groups is 1. The van der Waals surface area contributed by atoms with Crippen LogP contribution in [0.5, 0.6) is 0 Å². The van der Waals surface area contributed by atoms with Gasteiger partial charge in [-0.1, -0.05) is 13.0 Å². The van der Waals surface area contributed by atoms with Crippen LogP contribution in [0.15, 0.2) is 30.1 Å². The van der Waals surface area contributed by atoms with E-state index in [9.17, 15) is 4.79 Å². The number of rotatable bonds is 3. The molecule has 0 N–H and O–H groups in total. The summed E-state index contributed by atoms with van der Waals surface area (Å²) in [5, 5.41) is 0. The van der Waals surface area contributed by atoms with Gasteiger partial charge in [0.15, 0.2) is 0 Å². The second kappa shape index (κ2) is 4.44. The van der Waals surface area contributed by atoms with Gasteiger partial charge in [-0.3, -0.25) is 9.78 Å². The Labute approximate surface area is 71.9 Å². The maximum absolute atomic E-state index is 10.5. The second-order valence-electron chi connectivity index (χ2n) is 2.48. The average Bonchev–Trinajstić information content (AvgIpc) is 2.16. The molecule has 0 aliphatic heterocycles. The van der Waals surface area contributed by atoms with E-state index in [2.05, 4.69) is 4.98 Å². The van der Waals surface area contributed by atoms with Gasteiger partial charge in [0.05, 0.1) is 0 Å². The second-order valence-corrected chi connectivity index (χ2v) is 2.48. The highest BCUT2D eigenvalue weighted by atomic mass is 16.1. The summed E-state index contributed by atoms with van der Waals surface area (Å²) >= 11 is 0. The number of aldehydes is 1. The van der Waals surface area contributed by atoms with Crippen molar-refractivity contribution < 1.29 is 4.79 Å². The molecule has 0 aromatic carbocycles. The molecular formula is C10H11NO. The van der Waals surface area contributed by atoms with Crippen molar-refractivity contribution in [1.82, 2.24) is 4.98 Å². The zero-order valence-corrected chi connectivity index (χ0v) is 7.03. The Morgan fingerprint density at radius 1 is 1.67 bits per heavy atom. The van der Waals surface area contributed by atoms with Crippen LogP contribution in [-0.4, -0.2) is 11.3 Å². The largest absolute Gasteiger partial charge is 0.298 e. The maximum Gasteiger partial charge on any atom is 0.146 e. The molecule has 12 heavy (non-hydrogen) atoms. The van der Waals surface area contributed by atoms with Gasteiger partial charge in [-0.05, 0) is 29.7 Å². The lowest BCUT2D eigenvalue weighted by atomic mass is 10.1. The van der Waals surface area contributed by atoms with Gasteiger partial charge in [-0.25, -0.2) is 0 Å². The van der Waals surface area contributed by atoms with Gasteiger partial charge in [0.25, 0.3) is 0 Å². The van der Waals surface area contributed by atoms with Crippen LogP contribution < -0.4 is 0 Å². The Hall–Kier alpha value is -1.44. The Balaban J connectivity index is 2.86. The third kappa shape index (κ3) is 2.31. The van der Waals surface area contributed by atoms with Crippen LogP contribution in [-0.2, 0) is 4.79 Å². The minimum atomic E-state index is 0.762. The van der Waals surface area contributed by atoms with E-state index in [0.717, 1.165) is 23.8 Å². The van der Waals surface area contributed by atoms with Crippen molar-refractivity contribution in [3.8, 4) is 0 Å². The van der Waals surface area contributed by atoms with E-state index in [0.29, 0.717) is 0 Å². The lowest BCUT2D eigenvalue weighted by molar-refractivity contribution is -0.104. The monoisotopic (exact) mass is 161 g/mol. The molecule has 0 radical (unpaired) electrons. The van der Waals surface area contributed by atoms with Crippen molar-refractivity contribution in [3.05, 3.63) is 35.7 Å². The summed E-state index contributed by atoms with van der Waals surface area (Å²) in [6.45, 7) is 1.95. The summed E-state index contributed by atoms with van der Waals surface area (Å²) < 4.78 is 0. The molecule has 0 spiro atoms. The molecule has 62 valence electrons. The van der Waals surface area contributed by atoms with Gasteiger partial charge in [0, 0.05) is 12.4 Å². The van der Waals surface area contributed by atoms with Crippen LogP contribution in [0.25, 0.3) is 6.08 Å². The van der Waals surface area contributed by atoms with Gasteiger partial charge in [0.1, 0.15) is 6.29 Å². The van der Waals surface area contributed by atoms with E-state index in [-0.39, 0.29) is 0 Å². The molecule has 1 heterocycles. The van der Waals surface area contributed by atoms with Crippen molar-refractivity contribution in [2.45, 2.75) is 13.3 Å². The summed E-state index contributed by atoms with van der Waals surface area (Å²) in [4.78, 5) is 14.4. The zero-order valence-electron chi connectivity index (χ0n) is 7.03. The fraction of sp³-hybridized carbons (Fsp3) is 0.200. The highest BCUT2D eigenvalue weighted by Gasteiger charge is 1.91. The van der Waals surface area contributed by atoms with E-state index in [4.69, 9.17) is 0 Å². The molecule has 0 aliphatic rings. The smallest absolute Gasteiger partial charge is 0.146 e. The summed E-state index contributed by atoms with van der Waals surface area (Å²) in [6, 6.07) is 3.77. The quantitative estimate of drug-likeness (QED) is 0.501. The molecule has 1 aromatic heterocycles. The Morgan fingerprint density at radius 3 is 3.00 bits per heavy atom. The van der Waals surface area contributed by atoms with Crippen LogP contribution in [0.3, 0.4) is 0 Å². The molecule has 1 aromatic rings. The maximum atomic E-state index is 10.5. The number of pyridine rings is 1. The summed E-state index contributed by atoms with van der Waals surface area (Å²) in [5.41, 5.74) is 1.77. The number of hydrogen-bond donors (Lipinski definition) is 0. The number of nitrogens with zero attached hydrogens (tertiary/aromatic N) is 1. The van der Waals surface area contributed by atoms with Crippen LogP contribution in [0, 0.1) is 0 Å². The van der Waals surface area contributed by atoms with Gasteiger partial charge < -0.3 is 0 Å². The molecule has 0 bridgehead atoms. The van der Waals surface area contributed by atoms with Gasteiger partial charge >= 0.3 is 0 Å². The molecule has 0 unspecified atom stereocenters. The minimum absolute atomic E-state index is 0.762. The first-order valence-corrected chi connectivity index (χ1v) is 3.92. The minimum Gasteiger partial charge on any atom is -0.298 e. The highest BCUT2D eigenvalue weighted by Crippen LogP contribution is 2.05. The first-order chi connectivity index (χ1) is 5.86. The number of allylic oxidation sites excluding steroid dienone is 1. The van der Waals surface area contributed by atoms with Gasteiger partial charge in [-0.15, -0.1) is 0 Å². The SMILES string of the molecule is CCC(C=O)=Cc1cccnc1. The van der Waals surface area contributed by atoms with E-state index >= 15 is 0 Å². The molecule has 0 saturated carbocycles. The summed E-state index contributed by atoms with van der Waals surface area (Å²) in [7, 11) is 0. The zero-order chi connectivity index (χ0) is 8.81. The number of carbonyl (C=O) groups excluding carboxylic acids is 1. The predicted octanol–water partition coefficient (Wildman–Crippen LogP) is 2.07. The summed E-state index contributed by atoms with van der Waals surface area (Å²) in [5.74, 6) is 0. The first-order valence-electron chi connectivity index (χ1n) is 3.92. The molecule has 0 atom stereocenters. The van der Waals surface area contributed by atoms with Crippen LogP contribution >= 0.6 is 0 Å². The molecular weight excluding hydrogens is 150 g/mol. The number of aromatic nitrogens is 1. The standard InChI is InChI=1S/C10H11NO/c1-2-9(8-12)6-10-4-3-5-11-7-10/h3-8H,2H2,1H3. The molecule has 0 aliphatic carbocycles. The van der Waals surface area contributed by atoms with Crippen LogP contribution in [0.1, 0.15) is 18.9 Å². The fourth-order valence-electron chi connectivity index (χ4n) is 0.895. The van der Waals surface area contributed by atoms with Crippen molar-refractivity contribution >= 4 is 12.4 Å². The Morgan fingerprint density at radius 2 is 2.50 bits per heavy atom. The lowest BCUT2D eigenvalue weighted by Gasteiger charge is -1.93. The molecule has 0 fully saturated rings.